The van der Waals surface area contributed by atoms with Gasteiger partial charge in [-0.25, -0.2) is 13.1 Å². The summed E-state index contributed by atoms with van der Waals surface area (Å²) in [6.45, 7) is 7.42. The first-order valence-corrected chi connectivity index (χ1v) is 9.56. The molecule has 1 atom stereocenters. The van der Waals surface area contributed by atoms with Gasteiger partial charge in [0.05, 0.1) is 4.90 Å². The minimum absolute atomic E-state index is 0.330. The second kappa shape index (κ2) is 6.56. The second-order valence-electron chi connectivity index (χ2n) is 5.94. The van der Waals surface area contributed by atoms with Crippen LogP contribution in [0.25, 0.3) is 0 Å². The van der Waals surface area contributed by atoms with Crippen LogP contribution in [0.4, 0.5) is 0 Å². The maximum Gasteiger partial charge on any atom is 0.241 e. The van der Waals surface area contributed by atoms with E-state index in [-0.39, 0.29) is 0 Å². The summed E-state index contributed by atoms with van der Waals surface area (Å²) in [6, 6.07) is 2.29. The molecule has 0 amide bonds. The van der Waals surface area contributed by atoms with Crippen LogP contribution in [0.3, 0.4) is 0 Å². The molecular weight excluding hydrogens is 292 g/mol. The predicted octanol–water partition coefficient (Wildman–Crippen LogP) is 2.57. The quantitative estimate of drug-likeness (QED) is 0.775. The molecule has 1 aliphatic carbocycles. The van der Waals surface area contributed by atoms with Crippen molar-refractivity contribution in [1.82, 2.24) is 10.0 Å². The minimum atomic E-state index is -3.38. The van der Waals surface area contributed by atoms with E-state index in [1.165, 1.54) is 24.2 Å². The summed E-state index contributed by atoms with van der Waals surface area (Å²) in [5.74, 6) is 0.799. The van der Waals surface area contributed by atoms with Gasteiger partial charge in [0.2, 0.25) is 10.0 Å². The highest BCUT2D eigenvalue weighted by Crippen LogP contribution is 2.25. The Labute approximate surface area is 126 Å². The van der Waals surface area contributed by atoms with Gasteiger partial charge in [-0.05, 0) is 36.1 Å². The Balaban J connectivity index is 1.99. The zero-order valence-electron chi connectivity index (χ0n) is 12.3. The van der Waals surface area contributed by atoms with Crippen LogP contribution in [0.5, 0.6) is 0 Å². The molecule has 1 saturated carbocycles. The largest absolute Gasteiger partial charge is 0.309 e. The van der Waals surface area contributed by atoms with Crippen molar-refractivity contribution in [3.05, 3.63) is 16.3 Å². The Kier molecular flexibility index (Phi) is 5.23. The maximum atomic E-state index is 12.4. The zero-order valence-corrected chi connectivity index (χ0v) is 14.0. The van der Waals surface area contributed by atoms with Gasteiger partial charge in [-0.2, -0.15) is 0 Å². The molecule has 1 aromatic rings. The Morgan fingerprint density at radius 3 is 2.65 bits per heavy atom. The third-order valence-corrected chi connectivity index (χ3v) is 6.41. The van der Waals surface area contributed by atoms with Crippen LogP contribution in [-0.4, -0.2) is 21.0 Å². The van der Waals surface area contributed by atoms with E-state index in [1.807, 2.05) is 5.38 Å². The van der Waals surface area contributed by atoms with Crippen molar-refractivity contribution in [1.29, 1.82) is 0 Å². The molecule has 4 nitrogen and oxygen atoms in total. The van der Waals surface area contributed by atoms with Crippen LogP contribution in [0.15, 0.2) is 16.3 Å². The van der Waals surface area contributed by atoms with Gasteiger partial charge >= 0.3 is 0 Å². The summed E-state index contributed by atoms with van der Waals surface area (Å²) in [4.78, 5) is 1.34. The van der Waals surface area contributed by atoms with Gasteiger partial charge in [0.25, 0.3) is 0 Å². The third-order valence-electron chi connectivity index (χ3n) is 3.86. The van der Waals surface area contributed by atoms with E-state index in [4.69, 9.17) is 0 Å². The predicted molar refractivity (Wildman–Crippen MR) is 83.4 cm³/mol. The van der Waals surface area contributed by atoms with Gasteiger partial charge < -0.3 is 5.32 Å². The average Bonchev–Trinajstić information content (AvgIpc) is 3.09. The van der Waals surface area contributed by atoms with Gasteiger partial charge in [0.1, 0.15) is 0 Å². The van der Waals surface area contributed by atoms with Crippen LogP contribution in [0.1, 0.15) is 38.5 Å². The Morgan fingerprint density at radius 1 is 1.35 bits per heavy atom. The van der Waals surface area contributed by atoms with Crippen LogP contribution in [0, 0.1) is 11.8 Å². The van der Waals surface area contributed by atoms with E-state index in [2.05, 4.69) is 30.8 Å². The van der Waals surface area contributed by atoms with Gasteiger partial charge in [0.15, 0.2) is 0 Å². The van der Waals surface area contributed by atoms with E-state index < -0.39 is 10.0 Å². The molecule has 1 heterocycles. The van der Waals surface area contributed by atoms with Crippen molar-refractivity contribution in [2.75, 3.05) is 6.54 Å². The lowest BCUT2D eigenvalue weighted by molar-refractivity contribution is 0.414. The average molecular weight is 316 g/mol. The van der Waals surface area contributed by atoms with Crippen LogP contribution < -0.4 is 10.0 Å². The van der Waals surface area contributed by atoms with Gasteiger partial charge in [-0.15, -0.1) is 11.3 Å². The molecule has 0 radical (unpaired) electrons. The number of thiophene rings is 1. The Morgan fingerprint density at radius 2 is 2.05 bits per heavy atom. The monoisotopic (exact) mass is 316 g/mol. The summed E-state index contributed by atoms with van der Waals surface area (Å²) in [6.07, 6.45) is 2.41. The fraction of sp³-hybridized carbons (Fsp3) is 0.714. The first-order valence-electron chi connectivity index (χ1n) is 7.19. The zero-order chi connectivity index (χ0) is 14.8. The lowest BCUT2D eigenvalue weighted by Gasteiger charge is -2.16. The fourth-order valence-electron chi connectivity index (χ4n) is 1.78. The molecule has 114 valence electrons. The molecule has 1 unspecified atom stereocenters. The smallest absolute Gasteiger partial charge is 0.241 e. The first kappa shape index (κ1) is 15.9. The molecule has 1 fully saturated rings. The number of nitrogens with one attached hydrogen (secondary N) is 2. The molecule has 0 bridgehead atoms. The highest BCUT2D eigenvalue weighted by Gasteiger charge is 2.24. The standard InChI is InChI=1S/C14H24N2O2S2/c1-10(2)11(3)8-16-20(17,18)14-6-7-19-13(14)9-15-12-4-5-12/h6-7,10-12,15-16H,4-5,8-9H2,1-3H3. The molecular formula is C14H24N2O2S2. The lowest BCUT2D eigenvalue weighted by Crippen LogP contribution is -2.31. The molecule has 1 aromatic heterocycles. The first-order chi connectivity index (χ1) is 9.40. The number of hydrogen-bond acceptors (Lipinski definition) is 4. The van der Waals surface area contributed by atoms with Gasteiger partial charge in [0, 0.05) is 24.0 Å². The van der Waals surface area contributed by atoms with Crippen molar-refractivity contribution in [3.8, 4) is 0 Å². The van der Waals surface area contributed by atoms with E-state index in [9.17, 15) is 8.42 Å². The SMILES string of the molecule is CC(C)C(C)CNS(=O)(=O)c1ccsc1CNC1CC1. The summed E-state index contributed by atoms with van der Waals surface area (Å²) in [5.41, 5.74) is 0. The Hall–Kier alpha value is -0.430. The molecule has 2 N–H and O–H groups in total. The number of rotatable bonds is 8. The highest BCUT2D eigenvalue weighted by atomic mass is 32.2. The molecule has 0 saturated heterocycles. The number of sulfonamides is 1. The molecule has 0 aliphatic heterocycles. The minimum Gasteiger partial charge on any atom is -0.309 e. The summed E-state index contributed by atoms with van der Waals surface area (Å²) in [5, 5.41) is 5.22. The van der Waals surface area contributed by atoms with Gasteiger partial charge in [-0.3, -0.25) is 0 Å². The molecule has 2 rings (SSSR count). The van der Waals surface area contributed by atoms with Crippen molar-refractivity contribution in [3.63, 3.8) is 0 Å². The topological polar surface area (TPSA) is 58.2 Å². The maximum absolute atomic E-state index is 12.4. The molecule has 0 aromatic carbocycles. The van der Waals surface area contributed by atoms with Gasteiger partial charge in [-0.1, -0.05) is 20.8 Å². The lowest BCUT2D eigenvalue weighted by atomic mass is 9.99. The number of hydrogen-bond donors (Lipinski definition) is 2. The van der Waals surface area contributed by atoms with Crippen molar-refractivity contribution in [2.45, 2.75) is 51.1 Å². The van der Waals surface area contributed by atoms with Crippen molar-refractivity contribution >= 4 is 21.4 Å². The molecule has 1 aliphatic rings. The van der Waals surface area contributed by atoms with E-state index in [0.29, 0.717) is 35.9 Å². The normalized spacial score (nSPS) is 17.6. The molecule has 0 spiro atoms. The highest BCUT2D eigenvalue weighted by molar-refractivity contribution is 7.89. The van der Waals surface area contributed by atoms with E-state index in [0.717, 1.165) is 4.88 Å². The second-order valence-corrected chi connectivity index (χ2v) is 8.67. The molecule has 6 heteroatoms. The van der Waals surface area contributed by atoms with Crippen LogP contribution in [0.2, 0.25) is 0 Å². The summed E-state index contributed by atoms with van der Waals surface area (Å²) in [7, 11) is -3.38. The summed E-state index contributed by atoms with van der Waals surface area (Å²) >= 11 is 1.51. The van der Waals surface area contributed by atoms with Crippen LogP contribution in [-0.2, 0) is 16.6 Å². The van der Waals surface area contributed by atoms with E-state index in [1.54, 1.807) is 6.07 Å². The molecule has 20 heavy (non-hydrogen) atoms. The Bertz CT molecular complexity index is 533. The fourth-order valence-corrected chi connectivity index (χ4v) is 4.31. The summed E-state index contributed by atoms with van der Waals surface area (Å²) < 4.78 is 27.5. The van der Waals surface area contributed by atoms with E-state index >= 15 is 0 Å². The van der Waals surface area contributed by atoms with Crippen molar-refractivity contribution in [2.24, 2.45) is 11.8 Å². The van der Waals surface area contributed by atoms with Crippen molar-refractivity contribution < 1.29 is 8.42 Å². The van der Waals surface area contributed by atoms with Crippen LogP contribution >= 0.6 is 11.3 Å². The third kappa shape index (κ3) is 4.28.